The molecule has 0 fully saturated rings. The van der Waals surface area contributed by atoms with Crippen molar-refractivity contribution in [1.82, 2.24) is 5.32 Å². The smallest absolute Gasteiger partial charge is 0.118 e. The lowest BCUT2D eigenvalue weighted by Crippen LogP contribution is -2.22. The first-order chi connectivity index (χ1) is 4.70. The zero-order chi connectivity index (χ0) is 7.98. The third kappa shape index (κ3) is 4.13. The van der Waals surface area contributed by atoms with E-state index in [1.165, 1.54) is 0 Å². The van der Waals surface area contributed by atoms with Crippen LogP contribution in [0.25, 0.3) is 0 Å². The minimum atomic E-state index is 0.469. The van der Waals surface area contributed by atoms with Crippen LogP contribution in [-0.2, 0) is 0 Å². The monoisotopic (exact) mass is 140 g/mol. The van der Waals surface area contributed by atoms with Crippen LogP contribution in [0.2, 0.25) is 0 Å². The van der Waals surface area contributed by atoms with Gasteiger partial charge in [-0.3, -0.25) is 0 Å². The van der Waals surface area contributed by atoms with Gasteiger partial charge in [-0.1, -0.05) is 13.5 Å². The van der Waals surface area contributed by atoms with Gasteiger partial charge < -0.3 is 5.32 Å². The van der Waals surface area contributed by atoms with E-state index in [2.05, 4.69) is 30.7 Å². The molecule has 0 aliphatic carbocycles. The Labute approximate surface area is 63.0 Å². The second-order valence-corrected chi connectivity index (χ2v) is 2.29. The van der Waals surface area contributed by atoms with Crippen molar-refractivity contribution in [2.24, 2.45) is 4.99 Å². The Morgan fingerprint density at radius 2 is 2.40 bits per heavy atom. The van der Waals surface area contributed by atoms with Gasteiger partial charge >= 0.3 is 0 Å². The molecule has 0 unspecified atom stereocenters. The number of aliphatic imine (C=N–C) groups is 1. The summed E-state index contributed by atoms with van der Waals surface area (Å²) in [6.07, 6.45) is 2.83. The number of rotatable bonds is 4. The van der Waals surface area contributed by atoms with Crippen molar-refractivity contribution >= 4 is 6.21 Å². The standard InChI is InChI=1S/C8H16N2/c1-5-7(3)10-8(4)9-6-2/h6-7,10H,4-5H2,1-3H3/b9-6-/t7-/m0/s1. The van der Waals surface area contributed by atoms with Crippen LogP contribution in [0.4, 0.5) is 0 Å². The van der Waals surface area contributed by atoms with Gasteiger partial charge in [-0.15, -0.1) is 0 Å². The molecule has 0 rings (SSSR count). The molecule has 0 saturated heterocycles. The molecule has 0 saturated carbocycles. The third-order valence-corrected chi connectivity index (χ3v) is 1.31. The van der Waals surface area contributed by atoms with Crippen LogP contribution in [0.5, 0.6) is 0 Å². The van der Waals surface area contributed by atoms with Crippen molar-refractivity contribution in [3.63, 3.8) is 0 Å². The van der Waals surface area contributed by atoms with Crippen LogP contribution in [0.1, 0.15) is 27.2 Å². The summed E-state index contributed by atoms with van der Waals surface area (Å²) in [5.74, 6) is 0.747. The zero-order valence-corrected chi connectivity index (χ0v) is 7.02. The minimum Gasteiger partial charge on any atom is -0.368 e. The fourth-order valence-electron chi connectivity index (χ4n) is 0.580. The first-order valence-corrected chi connectivity index (χ1v) is 3.64. The van der Waals surface area contributed by atoms with Gasteiger partial charge in [-0.25, -0.2) is 4.99 Å². The van der Waals surface area contributed by atoms with Crippen LogP contribution in [0, 0.1) is 0 Å². The summed E-state index contributed by atoms with van der Waals surface area (Å²) in [7, 11) is 0. The molecule has 0 aromatic rings. The lowest BCUT2D eigenvalue weighted by Gasteiger charge is -2.10. The quantitative estimate of drug-likeness (QED) is 0.593. The third-order valence-electron chi connectivity index (χ3n) is 1.31. The number of nitrogens with zero attached hydrogens (tertiary/aromatic N) is 1. The fraction of sp³-hybridized carbons (Fsp3) is 0.625. The highest BCUT2D eigenvalue weighted by Gasteiger charge is 1.95. The summed E-state index contributed by atoms with van der Waals surface area (Å²) in [5.41, 5.74) is 0. The van der Waals surface area contributed by atoms with E-state index in [9.17, 15) is 0 Å². The first-order valence-electron chi connectivity index (χ1n) is 3.64. The molecule has 0 aliphatic heterocycles. The molecule has 1 N–H and O–H groups in total. The van der Waals surface area contributed by atoms with Gasteiger partial charge in [0, 0.05) is 12.3 Å². The highest BCUT2D eigenvalue weighted by Crippen LogP contribution is 1.93. The van der Waals surface area contributed by atoms with E-state index in [1.54, 1.807) is 6.21 Å². The topological polar surface area (TPSA) is 24.4 Å². The maximum absolute atomic E-state index is 3.98. The largest absolute Gasteiger partial charge is 0.368 e. The summed E-state index contributed by atoms with van der Waals surface area (Å²) in [4.78, 5) is 3.98. The van der Waals surface area contributed by atoms with E-state index in [-0.39, 0.29) is 0 Å². The van der Waals surface area contributed by atoms with E-state index < -0.39 is 0 Å². The van der Waals surface area contributed by atoms with Gasteiger partial charge in [-0.2, -0.15) is 0 Å². The molecule has 58 valence electrons. The Kier molecular flexibility index (Phi) is 4.63. The molecule has 0 radical (unpaired) electrons. The van der Waals surface area contributed by atoms with E-state index in [4.69, 9.17) is 0 Å². The molecular formula is C8H16N2. The SMILES string of the molecule is C=C(/N=C\C)N[C@@H](C)CC. The Balaban J connectivity index is 3.57. The molecule has 2 nitrogen and oxygen atoms in total. The van der Waals surface area contributed by atoms with Gasteiger partial charge in [0.05, 0.1) is 0 Å². The van der Waals surface area contributed by atoms with Gasteiger partial charge in [0.2, 0.25) is 0 Å². The van der Waals surface area contributed by atoms with Crippen molar-refractivity contribution in [2.45, 2.75) is 33.2 Å². The molecule has 0 bridgehead atoms. The Morgan fingerprint density at radius 3 is 2.80 bits per heavy atom. The first kappa shape index (κ1) is 9.21. The van der Waals surface area contributed by atoms with E-state index >= 15 is 0 Å². The zero-order valence-electron chi connectivity index (χ0n) is 7.02. The second-order valence-electron chi connectivity index (χ2n) is 2.29. The van der Waals surface area contributed by atoms with Crippen molar-refractivity contribution in [1.29, 1.82) is 0 Å². The maximum atomic E-state index is 3.98. The molecule has 0 spiro atoms. The molecule has 0 aromatic heterocycles. The van der Waals surface area contributed by atoms with Crippen LogP contribution in [0.3, 0.4) is 0 Å². The van der Waals surface area contributed by atoms with E-state index in [1.807, 2.05) is 6.92 Å². The van der Waals surface area contributed by atoms with Crippen molar-refractivity contribution in [2.75, 3.05) is 0 Å². The molecule has 0 amide bonds. The Morgan fingerprint density at radius 1 is 1.80 bits per heavy atom. The Bertz CT molecular complexity index is 127. The predicted molar refractivity (Wildman–Crippen MR) is 46.2 cm³/mol. The van der Waals surface area contributed by atoms with Gasteiger partial charge in [-0.05, 0) is 20.3 Å². The van der Waals surface area contributed by atoms with E-state index in [0.717, 1.165) is 12.2 Å². The van der Waals surface area contributed by atoms with Gasteiger partial charge in [0.25, 0.3) is 0 Å². The normalized spacial score (nSPS) is 13.5. The second kappa shape index (κ2) is 5.03. The molecular weight excluding hydrogens is 124 g/mol. The number of nitrogens with one attached hydrogen (secondary N) is 1. The molecule has 2 heteroatoms. The summed E-state index contributed by atoms with van der Waals surface area (Å²) in [6, 6.07) is 0.469. The summed E-state index contributed by atoms with van der Waals surface area (Å²) >= 11 is 0. The predicted octanol–water partition coefficient (Wildman–Crippen LogP) is 1.94. The highest BCUT2D eigenvalue weighted by atomic mass is 15.0. The average molecular weight is 140 g/mol. The summed E-state index contributed by atoms with van der Waals surface area (Å²) in [6.45, 7) is 9.83. The van der Waals surface area contributed by atoms with Crippen LogP contribution >= 0.6 is 0 Å². The van der Waals surface area contributed by atoms with Crippen LogP contribution < -0.4 is 5.32 Å². The summed E-state index contributed by atoms with van der Waals surface area (Å²) in [5, 5.41) is 3.14. The van der Waals surface area contributed by atoms with Crippen molar-refractivity contribution in [3.05, 3.63) is 12.4 Å². The highest BCUT2D eigenvalue weighted by molar-refractivity contribution is 5.54. The molecule has 0 heterocycles. The van der Waals surface area contributed by atoms with Crippen molar-refractivity contribution in [3.8, 4) is 0 Å². The van der Waals surface area contributed by atoms with E-state index in [0.29, 0.717) is 6.04 Å². The Hall–Kier alpha value is -0.790. The maximum Gasteiger partial charge on any atom is 0.118 e. The molecule has 1 atom stereocenters. The molecule has 10 heavy (non-hydrogen) atoms. The molecule has 0 aliphatic rings. The fourth-order valence-corrected chi connectivity index (χ4v) is 0.580. The lowest BCUT2D eigenvalue weighted by molar-refractivity contribution is 0.594. The average Bonchev–Trinajstić information content (AvgIpc) is 1.88. The van der Waals surface area contributed by atoms with Crippen molar-refractivity contribution < 1.29 is 0 Å². The number of hydrogen-bond acceptors (Lipinski definition) is 2. The number of hydrogen-bond donors (Lipinski definition) is 1. The van der Waals surface area contributed by atoms with Gasteiger partial charge in [0.15, 0.2) is 0 Å². The van der Waals surface area contributed by atoms with Gasteiger partial charge in [0.1, 0.15) is 5.82 Å². The van der Waals surface area contributed by atoms with Crippen LogP contribution in [-0.4, -0.2) is 12.3 Å². The minimum absolute atomic E-state index is 0.469. The summed E-state index contributed by atoms with van der Waals surface area (Å²) < 4.78 is 0. The lowest BCUT2D eigenvalue weighted by atomic mass is 10.3. The molecule has 0 aromatic carbocycles. The van der Waals surface area contributed by atoms with Crippen LogP contribution in [0.15, 0.2) is 17.4 Å².